The molecule has 0 spiro atoms. The molecule has 0 amide bonds. The van der Waals surface area contributed by atoms with Crippen molar-refractivity contribution in [2.45, 2.75) is 32.0 Å². The Hall–Kier alpha value is -0.540. The van der Waals surface area contributed by atoms with E-state index in [9.17, 15) is 13.2 Å². The van der Waals surface area contributed by atoms with E-state index in [2.05, 4.69) is 24.2 Å². The zero-order chi connectivity index (χ0) is 17.4. The van der Waals surface area contributed by atoms with E-state index in [4.69, 9.17) is 0 Å². The van der Waals surface area contributed by atoms with Crippen LogP contribution < -0.4 is 5.32 Å². The number of thiophene rings is 1. The summed E-state index contributed by atoms with van der Waals surface area (Å²) in [6.07, 6.45) is -4.20. The number of hydrogen-bond acceptors (Lipinski definition) is 3. The summed E-state index contributed by atoms with van der Waals surface area (Å²) in [5, 5.41) is 4.17. The maximum Gasteiger partial charge on any atom is 0.273 e. The maximum absolute atomic E-state index is 14.0. The van der Waals surface area contributed by atoms with Gasteiger partial charge in [-0.3, -0.25) is 0 Å². The van der Waals surface area contributed by atoms with Crippen molar-refractivity contribution in [1.29, 1.82) is 0 Å². The van der Waals surface area contributed by atoms with E-state index < -0.39 is 12.6 Å². The van der Waals surface area contributed by atoms with Crippen molar-refractivity contribution in [3.05, 3.63) is 26.6 Å². The molecule has 0 bridgehead atoms. The summed E-state index contributed by atoms with van der Waals surface area (Å²) >= 11 is 3.35. The van der Waals surface area contributed by atoms with Crippen molar-refractivity contribution in [3.8, 4) is 0 Å². The number of hydrogen-bond donors (Lipinski definition) is 1. The van der Waals surface area contributed by atoms with E-state index in [1.165, 1.54) is 11.3 Å². The van der Waals surface area contributed by atoms with Crippen LogP contribution in [0.4, 0.5) is 18.9 Å². The number of rotatable bonds is 4. The van der Waals surface area contributed by atoms with E-state index in [-0.39, 0.29) is 5.56 Å². The molecule has 1 aliphatic rings. The number of benzene rings is 1. The van der Waals surface area contributed by atoms with Gasteiger partial charge in [-0.15, -0.1) is 11.3 Å². The molecular formula is C17H20F3IN2S. The first kappa shape index (κ1) is 18.3. The predicted octanol–water partition coefficient (Wildman–Crippen LogP) is 5.53. The Kier molecular flexibility index (Phi) is 5.61. The van der Waals surface area contributed by atoms with Crippen molar-refractivity contribution >= 4 is 49.7 Å². The summed E-state index contributed by atoms with van der Waals surface area (Å²) in [4.78, 5) is 2.31. The molecule has 0 aliphatic carbocycles. The van der Waals surface area contributed by atoms with E-state index in [0.29, 0.717) is 20.2 Å². The largest absolute Gasteiger partial charge is 0.381 e. The minimum atomic E-state index is -3.00. The molecule has 3 atom stereocenters. The SMILES string of the molecule is CC1CN(C)CCC1Nc1cccc2c(C(F)C(F)F)c(I)sc12. The summed E-state index contributed by atoms with van der Waals surface area (Å²) < 4.78 is 41.2. The third-order valence-electron chi connectivity index (χ3n) is 4.65. The van der Waals surface area contributed by atoms with E-state index in [0.717, 1.165) is 29.9 Å². The highest BCUT2D eigenvalue weighted by atomic mass is 127. The second-order valence-electron chi connectivity index (χ2n) is 6.49. The van der Waals surface area contributed by atoms with Crippen molar-refractivity contribution in [2.75, 3.05) is 25.5 Å². The van der Waals surface area contributed by atoms with Crippen LogP contribution in [-0.2, 0) is 0 Å². The Morgan fingerprint density at radius 1 is 1.33 bits per heavy atom. The summed E-state index contributed by atoms with van der Waals surface area (Å²) in [5.74, 6) is 0.493. The first-order valence-corrected chi connectivity index (χ1v) is 9.86. The second-order valence-corrected chi connectivity index (χ2v) is 9.32. The molecule has 2 nitrogen and oxygen atoms in total. The third kappa shape index (κ3) is 3.53. The summed E-state index contributed by atoms with van der Waals surface area (Å²) in [6.45, 7) is 4.27. The summed E-state index contributed by atoms with van der Waals surface area (Å²) in [6, 6.07) is 5.85. The van der Waals surface area contributed by atoms with Gasteiger partial charge in [0.15, 0.2) is 6.17 Å². The molecule has 3 rings (SSSR count). The molecule has 1 N–H and O–H groups in total. The number of nitrogens with one attached hydrogen (secondary N) is 1. The number of likely N-dealkylation sites (tertiary alicyclic amines) is 1. The van der Waals surface area contributed by atoms with Crippen LogP contribution in [0.25, 0.3) is 10.1 Å². The molecule has 2 aromatic rings. The van der Waals surface area contributed by atoms with Gasteiger partial charge in [-0.25, -0.2) is 13.2 Å². The van der Waals surface area contributed by atoms with Crippen LogP contribution in [0.15, 0.2) is 18.2 Å². The van der Waals surface area contributed by atoms with Crippen LogP contribution in [0, 0.1) is 8.80 Å². The van der Waals surface area contributed by atoms with Crippen molar-refractivity contribution < 1.29 is 13.2 Å². The summed E-state index contributed by atoms with van der Waals surface area (Å²) in [5.41, 5.74) is 1.05. The van der Waals surface area contributed by atoms with Crippen LogP contribution in [0.5, 0.6) is 0 Å². The monoisotopic (exact) mass is 468 g/mol. The molecule has 7 heteroatoms. The van der Waals surface area contributed by atoms with Gasteiger partial charge in [-0.1, -0.05) is 19.1 Å². The fourth-order valence-electron chi connectivity index (χ4n) is 3.37. The average molecular weight is 468 g/mol. The maximum atomic E-state index is 14.0. The Labute approximate surface area is 157 Å². The van der Waals surface area contributed by atoms with Gasteiger partial charge < -0.3 is 10.2 Å². The average Bonchev–Trinajstić information content (AvgIpc) is 2.86. The first-order chi connectivity index (χ1) is 11.4. The molecule has 1 fully saturated rings. The Morgan fingerprint density at radius 2 is 2.08 bits per heavy atom. The Bertz CT molecular complexity index is 721. The van der Waals surface area contributed by atoms with Crippen LogP contribution in [0.3, 0.4) is 0 Å². The molecule has 1 saturated heterocycles. The minimum Gasteiger partial charge on any atom is -0.381 e. The van der Waals surface area contributed by atoms with Gasteiger partial charge in [0.05, 0.1) is 13.3 Å². The van der Waals surface area contributed by atoms with E-state index in [1.807, 2.05) is 34.7 Å². The van der Waals surface area contributed by atoms with Gasteiger partial charge in [0, 0.05) is 23.5 Å². The molecular weight excluding hydrogens is 448 g/mol. The van der Waals surface area contributed by atoms with Gasteiger partial charge in [0.25, 0.3) is 6.43 Å². The van der Waals surface area contributed by atoms with Crippen molar-refractivity contribution in [2.24, 2.45) is 5.92 Å². The normalized spacial score (nSPS) is 23.8. The van der Waals surface area contributed by atoms with Crippen LogP contribution in [0.1, 0.15) is 25.1 Å². The third-order valence-corrected chi connectivity index (χ3v) is 6.94. The molecule has 2 heterocycles. The number of piperidine rings is 1. The van der Waals surface area contributed by atoms with Gasteiger partial charge in [0.2, 0.25) is 0 Å². The zero-order valence-electron chi connectivity index (χ0n) is 13.5. The molecule has 132 valence electrons. The molecule has 0 radical (unpaired) electrons. The van der Waals surface area contributed by atoms with Gasteiger partial charge >= 0.3 is 0 Å². The quantitative estimate of drug-likeness (QED) is 0.594. The molecule has 1 aromatic heterocycles. The fraction of sp³-hybridized carbons (Fsp3) is 0.529. The fourth-order valence-corrected chi connectivity index (χ4v) is 5.66. The van der Waals surface area contributed by atoms with Gasteiger partial charge in [-0.2, -0.15) is 0 Å². The van der Waals surface area contributed by atoms with Crippen molar-refractivity contribution in [1.82, 2.24) is 4.90 Å². The molecule has 1 aromatic carbocycles. The standard InChI is InChI=1S/C17H20F3IN2S/c1-9-8-23(2)7-6-11(9)22-12-5-3-4-10-13(14(18)16(19)20)17(21)24-15(10)12/h3-5,9,11,14,16,22H,6-8H2,1-2H3. The molecule has 1 aliphatic heterocycles. The smallest absolute Gasteiger partial charge is 0.273 e. The van der Waals surface area contributed by atoms with E-state index >= 15 is 0 Å². The Balaban J connectivity index is 1.94. The highest BCUT2D eigenvalue weighted by Crippen LogP contribution is 2.43. The van der Waals surface area contributed by atoms with Crippen LogP contribution in [-0.4, -0.2) is 37.5 Å². The minimum absolute atomic E-state index is 0.130. The Morgan fingerprint density at radius 3 is 2.75 bits per heavy atom. The number of fused-ring (bicyclic) bond motifs is 1. The lowest BCUT2D eigenvalue weighted by atomic mass is 9.94. The second kappa shape index (κ2) is 7.37. The van der Waals surface area contributed by atoms with Gasteiger partial charge in [-0.05, 0) is 54.6 Å². The lowest BCUT2D eigenvalue weighted by Gasteiger charge is -2.35. The highest BCUT2D eigenvalue weighted by Gasteiger charge is 2.29. The number of nitrogens with zero attached hydrogens (tertiary/aromatic N) is 1. The lowest BCUT2D eigenvalue weighted by molar-refractivity contribution is 0.0501. The number of anilines is 1. The first-order valence-electron chi connectivity index (χ1n) is 7.96. The van der Waals surface area contributed by atoms with Crippen LogP contribution in [0.2, 0.25) is 0 Å². The molecule has 3 unspecified atom stereocenters. The zero-order valence-corrected chi connectivity index (χ0v) is 16.5. The molecule has 0 saturated carbocycles. The number of halogens is 4. The van der Waals surface area contributed by atoms with Gasteiger partial charge in [0.1, 0.15) is 0 Å². The lowest BCUT2D eigenvalue weighted by Crippen LogP contribution is -2.43. The highest BCUT2D eigenvalue weighted by molar-refractivity contribution is 14.1. The van der Waals surface area contributed by atoms with Crippen molar-refractivity contribution in [3.63, 3.8) is 0 Å². The van der Waals surface area contributed by atoms with Crippen LogP contribution >= 0.6 is 33.9 Å². The molecule has 24 heavy (non-hydrogen) atoms. The topological polar surface area (TPSA) is 15.3 Å². The predicted molar refractivity (Wildman–Crippen MR) is 103 cm³/mol. The summed E-state index contributed by atoms with van der Waals surface area (Å²) in [7, 11) is 2.12. The number of alkyl halides is 3. The van der Waals surface area contributed by atoms with E-state index in [1.54, 1.807) is 6.07 Å².